The van der Waals surface area contributed by atoms with Gasteiger partial charge in [-0.3, -0.25) is 4.79 Å². The van der Waals surface area contributed by atoms with E-state index in [0.29, 0.717) is 17.9 Å². The molecule has 0 fully saturated rings. The van der Waals surface area contributed by atoms with Crippen LogP contribution in [0.25, 0.3) is 5.69 Å². The smallest absolute Gasteiger partial charge is 0.252 e. The van der Waals surface area contributed by atoms with Crippen LogP contribution in [0.4, 0.5) is 0 Å². The Morgan fingerprint density at radius 1 is 1.07 bits per heavy atom. The molecule has 0 aliphatic rings. The Bertz CT molecular complexity index is 866. The number of unbranched alkanes of at least 4 members (excludes halogenated alkanes) is 2. The molecule has 3 rings (SSSR count). The molecule has 0 unspecified atom stereocenters. The fraction of sp³-hybridized carbons (Fsp3) is 0.300. The fourth-order valence-corrected chi connectivity index (χ4v) is 3.62. The first-order valence-electron chi connectivity index (χ1n) is 9.12. The number of nitrogens with zero attached hydrogens (tertiary/aromatic N) is 4. The molecule has 1 aromatic heterocycles. The summed E-state index contributed by atoms with van der Waals surface area (Å²) in [4.78, 5) is 13.4. The van der Waals surface area contributed by atoms with Crippen LogP contribution in [0.2, 0.25) is 0 Å². The molecule has 1 heterocycles. The van der Waals surface area contributed by atoms with Crippen molar-refractivity contribution in [3.8, 4) is 5.69 Å². The number of aromatic nitrogens is 4. The molecule has 3 aromatic rings. The summed E-state index contributed by atoms with van der Waals surface area (Å²) in [6.45, 7) is 2.86. The molecule has 1 N–H and O–H groups in total. The molecule has 0 radical (unpaired) electrons. The third-order valence-corrected chi connectivity index (χ3v) is 5.16. The summed E-state index contributed by atoms with van der Waals surface area (Å²) in [6.07, 6.45) is 3.26. The molecule has 1 amide bonds. The summed E-state index contributed by atoms with van der Waals surface area (Å²) >= 11 is 1.56. The first-order valence-corrected chi connectivity index (χ1v) is 10.1. The summed E-state index contributed by atoms with van der Waals surface area (Å²) in [6, 6.07) is 17.4. The van der Waals surface area contributed by atoms with E-state index < -0.39 is 0 Å². The Balaban J connectivity index is 1.67. The molecule has 0 aliphatic carbocycles. The number of tetrazole rings is 1. The van der Waals surface area contributed by atoms with Crippen molar-refractivity contribution in [2.24, 2.45) is 0 Å². The van der Waals surface area contributed by atoms with Crippen molar-refractivity contribution < 1.29 is 4.79 Å². The predicted octanol–water partition coefficient (Wildman–Crippen LogP) is 3.87. The van der Waals surface area contributed by atoms with E-state index in [1.807, 2.05) is 54.6 Å². The number of carbonyl (C=O) groups is 1. The molecule has 2 aromatic carbocycles. The first kappa shape index (κ1) is 19.1. The maximum absolute atomic E-state index is 12.5. The van der Waals surface area contributed by atoms with Crippen LogP contribution in [0.15, 0.2) is 59.5 Å². The maximum atomic E-state index is 12.5. The third kappa shape index (κ3) is 5.17. The monoisotopic (exact) mass is 381 g/mol. The van der Waals surface area contributed by atoms with Gasteiger partial charge in [-0.25, -0.2) is 0 Å². The van der Waals surface area contributed by atoms with Crippen molar-refractivity contribution in [2.75, 3.05) is 6.54 Å². The molecular formula is C20H23N5OS. The first-order chi connectivity index (χ1) is 13.3. The third-order valence-electron chi connectivity index (χ3n) is 4.09. The van der Waals surface area contributed by atoms with Crippen LogP contribution in [0, 0.1) is 0 Å². The van der Waals surface area contributed by atoms with Crippen molar-refractivity contribution in [1.82, 2.24) is 25.5 Å². The minimum absolute atomic E-state index is 0.0307. The highest BCUT2D eigenvalue weighted by Gasteiger charge is 2.13. The van der Waals surface area contributed by atoms with Gasteiger partial charge in [0.1, 0.15) is 0 Å². The fourth-order valence-electron chi connectivity index (χ4n) is 2.66. The lowest BCUT2D eigenvalue weighted by Crippen LogP contribution is -2.24. The molecular weight excluding hydrogens is 358 g/mol. The molecule has 0 aliphatic heterocycles. The van der Waals surface area contributed by atoms with E-state index in [2.05, 4.69) is 27.8 Å². The highest BCUT2D eigenvalue weighted by atomic mass is 32.2. The van der Waals surface area contributed by atoms with Gasteiger partial charge in [0.05, 0.1) is 17.0 Å². The zero-order chi connectivity index (χ0) is 18.9. The topological polar surface area (TPSA) is 72.7 Å². The van der Waals surface area contributed by atoms with Gasteiger partial charge in [0.25, 0.3) is 5.91 Å². The predicted molar refractivity (Wildman–Crippen MR) is 107 cm³/mol. The van der Waals surface area contributed by atoms with Gasteiger partial charge >= 0.3 is 0 Å². The molecule has 0 saturated carbocycles. The molecule has 140 valence electrons. The average molecular weight is 382 g/mol. The zero-order valence-electron chi connectivity index (χ0n) is 15.3. The molecule has 27 heavy (non-hydrogen) atoms. The number of benzene rings is 2. The van der Waals surface area contributed by atoms with E-state index in [0.717, 1.165) is 35.7 Å². The Morgan fingerprint density at radius 3 is 2.67 bits per heavy atom. The minimum atomic E-state index is -0.0307. The van der Waals surface area contributed by atoms with E-state index in [4.69, 9.17) is 0 Å². The quantitative estimate of drug-likeness (QED) is 0.450. The van der Waals surface area contributed by atoms with Crippen LogP contribution in [0.1, 0.15) is 42.4 Å². The van der Waals surface area contributed by atoms with Gasteiger partial charge in [0.15, 0.2) is 5.82 Å². The van der Waals surface area contributed by atoms with E-state index in [1.54, 1.807) is 16.4 Å². The van der Waals surface area contributed by atoms with Crippen molar-refractivity contribution >= 4 is 17.7 Å². The van der Waals surface area contributed by atoms with Crippen molar-refractivity contribution in [1.29, 1.82) is 0 Å². The summed E-state index contributed by atoms with van der Waals surface area (Å²) in [5, 5.41) is 15.0. The van der Waals surface area contributed by atoms with Gasteiger partial charge in [-0.05, 0) is 41.1 Å². The van der Waals surface area contributed by atoms with Gasteiger partial charge in [-0.1, -0.05) is 50.1 Å². The average Bonchev–Trinajstić information content (AvgIpc) is 3.19. The Hall–Kier alpha value is -2.67. The van der Waals surface area contributed by atoms with E-state index in [1.165, 1.54) is 0 Å². The van der Waals surface area contributed by atoms with Crippen molar-refractivity contribution in [2.45, 2.75) is 36.8 Å². The second-order valence-corrected chi connectivity index (χ2v) is 7.11. The van der Waals surface area contributed by atoms with Gasteiger partial charge in [-0.15, -0.1) is 16.9 Å². The highest BCUT2D eigenvalue weighted by Crippen LogP contribution is 2.26. The number of nitrogens with one attached hydrogen (secondary N) is 1. The van der Waals surface area contributed by atoms with Crippen LogP contribution < -0.4 is 5.32 Å². The van der Waals surface area contributed by atoms with E-state index >= 15 is 0 Å². The number of carbonyl (C=O) groups excluding carboxylic acids is 1. The van der Waals surface area contributed by atoms with Crippen molar-refractivity contribution in [3.63, 3.8) is 0 Å². The molecule has 0 atom stereocenters. The summed E-state index contributed by atoms with van der Waals surface area (Å²) < 4.78 is 1.72. The summed E-state index contributed by atoms with van der Waals surface area (Å²) in [7, 11) is 0. The van der Waals surface area contributed by atoms with Gasteiger partial charge in [0.2, 0.25) is 0 Å². The Kier molecular flexibility index (Phi) is 6.98. The number of thioether (sulfide) groups is 1. The number of rotatable bonds is 9. The lowest BCUT2D eigenvalue weighted by molar-refractivity contribution is 0.0950. The molecule has 6 nitrogen and oxygen atoms in total. The summed E-state index contributed by atoms with van der Waals surface area (Å²) in [5.74, 6) is 1.28. The van der Waals surface area contributed by atoms with Crippen LogP contribution in [-0.4, -0.2) is 32.7 Å². The van der Waals surface area contributed by atoms with Crippen LogP contribution in [-0.2, 0) is 5.75 Å². The maximum Gasteiger partial charge on any atom is 0.252 e. The lowest BCUT2D eigenvalue weighted by Gasteiger charge is -2.10. The van der Waals surface area contributed by atoms with Gasteiger partial charge in [0, 0.05) is 11.4 Å². The molecule has 7 heteroatoms. The van der Waals surface area contributed by atoms with Crippen LogP contribution in [0.3, 0.4) is 0 Å². The van der Waals surface area contributed by atoms with Gasteiger partial charge in [-0.2, -0.15) is 4.68 Å². The SMILES string of the molecule is CCCCCNC(=O)c1ccccc1SCc1nnnn1-c1ccccc1. The van der Waals surface area contributed by atoms with Gasteiger partial charge < -0.3 is 5.32 Å². The van der Waals surface area contributed by atoms with E-state index in [-0.39, 0.29) is 5.91 Å². The largest absolute Gasteiger partial charge is 0.352 e. The molecule has 0 saturated heterocycles. The van der Waals surface area contributed by atoms with Crippen LogP contribution in [0.5, 0.6) is 0 Å². The second-order valence-electron chi connectivity index (χ2n) is 6.09. The second kappa shape index (κ2) is 9.87. The normalized spacial score (nSPS) is 10.7. The standard InChI is InChI=1S/C20H23N5OS/c1-2-3-9-14-21-20(26)17-12-7-8-13-18(17)27-15-19-22-23-24-25(19)16-10-5-4-6-11-16/h4-8,10-13H,2-3,9,14-15H2,1H3,(H,21,26). The van der Waals surface area contributed by atoms with E-state index in [9.17, 15) is 4.79 Å². The lowest BCUT2D eigenvalue weighted by atomic mass is 10.2. The number of hydrogen-bond donors (Lipinski definition) is 1. The number of amides is 1. The number of hydrogen-bond acceptors (Lipinski definition) is 5. The Labute approximate surface area is 163 Å². The molecule has 0 bridgehead atoms. The number of para-hydroxylation sites is 1. The minimum Gasteiger partial charge on any atom is -0.352 e. The van der Waals surface area contributed by atoms with Crippen molar-refractivity contribution in [3.05, 3.63) is 66.0 Å². The van der Waals surface area contributed by atoms with Crippen LogP contribution >= 0.6 is 11.8 Å². The highest BCUT2D eigenvalue weighted by molar-refractivity contribution is 7.98. The Morgan fingerprint density at radius 2 is 1.85 bits per heavy atom. The zero-order valence-corrected chi connectivity index (χ0v) is 16.2. The summed E-state index contributed by atoms with van der Waals surface area (Å²) in [5.41, 5.74) is 1.61. The molecule has 0 spiro atoms.